The molecule has 20 heavy (non-hydrogen) atoms. The lowest BCUT2D eigenvalue weighted by atomic mass is 10.2. The maximum absolute atomic E-state index is 4.56. The minimum atomic E-state index is 0.789. The SMILES string of the molecule is CCNCc1ccc(N(CC)Cc2ccccn2)nc1. The molecule has 0 bridgehead atoms. The molecule has 106 valence electrons. The largest absolute Gasteiger partial charge is 0.351 e. The Kier molecular flexibility index (Phi) is 5.50. The zero-order valence-electron chi connectivity index (χ0n) is 12.2. The molecule has 4 heteroatoms. The van der Waals surface area contributed by atoms with Crippen LogP contribution in [0.3, 0.4) is 0 Å². The predicted molar refractivity (Wildman–Crippen MR) is 82.6 cm³/mol. The van der Waals surface area contributed by atoms with Gasteiger partial charge in [-0.3, -0.25) is 4.98 Å². The van der Waals surface area contributed by atoms with Crippen LogP contribution in [0.15, 0.2) is 42.7 Å². The van der Waals surface area contributed by atoms with Gasteiger partial charge in [-0.15, -0.1) is 0 Å². The van der Waals surface area contributed by atoms with Gasteiger partial charge < -0.3 is 10.2 Å². The number of nitrogens with one attached hydrogen (secondary N) is 1. The summed E-state index contributed by atoms with van der Waals surface area (Å²) in [5.41, 5.74) is 2.28. The molecule has 0 fully saturated rings. The van der Waals surface area contributed by atoms with Gasteiger partial charge in [0.05, 0.1) is 12.2 Å². The van der Waals surface area contributed by atoms with Gasteiger partial charge in [-0.1, -0.05) is 19.1 Å². The van der Waals surface area contributed by atoms with Crippen LogP contribution in [0.1, 0.15) is 25.1 Å². The second-order valence-electron chi connectivity index (χ2n) is 4.64. The van der Waals surface area contributed by atoms with Crippen molar-refractivity contribution in [3.05, 3.63) is 54.0 Å². The van der Waals surface area contributed by atoms with E-state index in [4.69, 9.17) is 0 Å². The quantitative estimate of drug-likeness (QED) is 0.839. The third-order valence-electron chi connectivity index (χ3n) is 3.17. The van der Waals surface area contributed by atoms with Crippen LogP contribution >= 0.6 is 0 Å². The first-order valence-corrected chi connectivity index (χ1v) is 7.14. The number of rotatable bonds is 7. The Hall–Kier alpha value is -1.94. The van der Waals surface area contributed by atoms with E-state index in [1.54, 1.807) is 0 Å². The molecule has 0 aromatic carbocycles. The van der Waals surface area contributed by atoms with Crippen LogP contribution in [0, 0.1) is 0 Å². The topological polar surface area (TPSA) is 41.0 Å². The maximum Gasteiger partial charge on any atom is 0.128 e. The molecule has 4 nitrogen and oxygen atoms in total. The highest BCUT2D eigenvalue weighted by molar-refractivity contribution is 5.39. The number of aromatic nitrogens is 2. The summed E-state index contributed by atoms with van der Waals surface area (Å²) in [7, 11) is 0. The van der Waals surface area contributed by atoms with Gasteiger partial charge in [0.15, 0.2) is 0 Å². The van der Waals surface area contributed by atoms with Crippen LogP contribution in [-0.4, -0.2) is 23.1 Å². The van der Waals surface area contributed by atoms with Crippen molar-refractivity contribution in [2.75, 3.05) is 18.0 Å². The van der Waals surface area contributed by atoms with Crippen molar-refractivity contribution in [3.63, 3.8) is 0 Å². The fourth-order valence-corrected chi connectivity index (χ4v) is 2.02. The molecule has 0 unspecified atom stereocenters. The molecule has 0 aliphatic carbocycles. The standard InChI is InChI=1S/C16H22N4/c1-3-17-11-14-8-9-16(19-12-14)20(4-2)13-15-7-5-6-10-18-15/h5-10,12,17H,3-4,11,13H2,1-2H3. The second kappa shape index (κ2) is 7.60. The van der Waals surface area contributed by atoms with Gasteiger partial charge in [-0.05, 0) is 37.2 Å². The van der Waals surface area contributed by atoms with Crippen LogP contribution < -0.4 is 10.2 Å². The average molecular weight is 270 g/mol. The van der Waals surface area contributed by atoms with E-state index in [1.165, 1.54) is 5.56 Å². The van der Waals surface area contributed by atoms with Gasteiger partial charge in [0.2, 0.25) is 0 Å². The summed E-state index contributed by atoms with van der Waals surface area (Å²) in [5.74, 6) is 0.999. The van der Waals surface area contributed by atoms with Crippen molar-refractivity contribution in [2.45, 2.75) is 26.9 Å². The Balaban J connectivity index is 2.04. The molecule has 1 N–H and O–H groups in total. The fourth-order valence-electron chi connectivity index (χ4n) is 2.02. The van der Waals surface area contributed by atoms with E-state index in [2.05, 4.69) is 46.2 Å². The van der Waals surface area contributed by atoms with Crippen molar-refractivity contribution < 1.29 is 0 Å². The molecule has 0 saturated carbocycles. The zero-order valence-corrected chi connectivity index (χ0v) is 12.2. The van der Waals surface area contributed by atoms with Crippen molar-refractivity contribution in [1.29, 1.82) is 0 Å². The van der Waals surface area contributed by atoms with Crippen LogP contribution in [0.25, 0.3) is 0 Å². The smallest absolute Gasteiger partial charge is 0.128 e. The molecule has 0 atom stereocenters. The highest BCUT2D eigenvalue weighted by Gasteiger charge is 2.07. The Bertz CT molecular complexity index is 496. The van der Waals surface area contributed by atoms with Crippen LogP contribution in [-0.2, 0) is 13.1 Å². The molecule has 0 amide bonds. The first-order valence-electron chi connectivity index (χ1n) is 7.14. The van der Waals surface area contributed by atoms with E-state index < -0.39 is 0 Å². The van der Waals surface area contributed by atoms with E-state index in [1.807, 2.05) is 30.6 Å². The average Bonchev–Trinajstić information content (AvgIpc) is 2.52. The van der Waals surface area contributed by atoms with Crippen LogP contribution in [0.2, 0.25) is 0 Å². The summed E-state index contributed by atoms with van der Waals surface area (Å²) in [5, 5.41) is 3.30. The van der Waals surface area contributed by atoms with Crippen molar-refractivity contribution in [1.82, 2.24) is 15.3 Å². The number of hydrogen-bond acceptors (Lipinski definition) is 4. The molecule has 2 aromatic rings. The summed E-state index contributed by atoms with van der Waals surface area (Å²) in [6.07, 6.45) is 3.77. The predicted octanol–water partition coefficient (Wildman–Crippen LogP) is 2.61. The minimum absolute atomic E-state index is 0.789. The molecule has 0 saturated heterocycles. The lowest BCUT2D eigenvalue weighted by Crippen LogP contribution is -2.23. The summed E-state index contributed by atoms with van der Waals surface area (Å²) < 4.78 is 0. The number of anilines is 1. The monoisotopic (exact) mass is 270 g/mol. The first kappa shape index (κ1) is 14.5. The molecule has 0 aliphatic rings. The molecule has 0 radical (unpaired) electrons. The van der Waals surface area contributed by atoms with Gasteiger partial charge >= 0.3 is 0 Å². The Morgan fingerprint density at radius 1 is 1.10 bits per heavy atom. The second-order valence-corrected chi connectivity index (χ2v) is 4.64. The minimum Gasteiger partial charge on any atom is -0.351 e. The summed E-state index contributed by atoms with van der Waals surface area (Å²) >= 11 is 0. The molecule has 2 heterocycles. The molecular formula is C16H22N4. The summed E-state index contributed by atoms with van der Waals surface area (Å²) in [6.45, 7) is 7.79. The zero-order chi connectivity index (χ0) is 14.2. The molecular weight excluding hydrogens is 248 g/mol. The van der Waals surface area contributed by atoms with Gasteiger partial charge in [0, 0.05) is 25.5 Å². The molecule has 0 spiro atoms. The highest BCUT2D eigenvalue weighted by atomic mass is 15.2. The number of pyridine rings is 2. The normalized spacial score (nSPS) is 10.5. The van der Waals surface area contributed by atoms with E-state index >= 15 is 0 Å². The van der Waals surface area contributed by atoms with Crippen molar-refractivity contribution in [3.8, 4) is 0 Å². The summed E-state index contributed by atoms with van der Waals surface area (Å²) in [4.78, 5) is 11.1. The van der Waals surface area contributed by atoms with Crippen LogP contribution in [0.5, 0.6) is 0 Å². The lowest BCUT2D eigenvalue weighted by molar-refractivity contribution is 0.722. The number of hydrogen-bond donors (Lipinski definition) is 1. The van der Waals surface area contributed by atoms with Crippen molar-refractivity contribution in [2.24, 2.45) is 0 Å². The fraction of sp³-hybridized carbons (Fsp3) is 0.375. The van der Waals surface area contributed by atoms with Gasteiger partial charge in [-0.25, -0.2) is 4.98 Å². The van der Waals surface area contributed by atoms with Gasteiger partial charge in [-0.2, -0.15) is 0 Å². The first-order chi connectivity index (χ1) is 9.83. The molecule has 0 aliphatic heterocycles. The Morgan fingerprint density at radius 2 is 2.00 bits per heavy atom. The Labute approximate surface area is 120 Å². The van der Waals surface area contributed by atoms with Gasteiger partial charge in [0.1, 0.15) is 5.82 Å². The number of nitrogens with zero attached hydrogens (tertiary/aromatic N) is 3. The summed E-state index contributed by atoms with van der Waals surface area (Å²) in [6, 6.07) is 10.2. The lowest BCUT2D eigenvalue weighted by Gasteiger charge is -2.21. The molecule has 2 aromatic heterocycles. The van der Waals surface area contributed by atoms with Gasteiger partial charge in [0.25, 0.3) is 0 Å². The van der Waals surface area contributed by atoms with Crippen LogP contribution in [0.4, 0.5) is 5.82 Å². The van der Waals surface area contributed by atoms with E-state index in [9.17, 15) is 0 Å². The molecule has 2 rings (SSSR count). The maximum atomic E-state index is 4.56. The van der Waals surface area contributed by atoms with E-state index in [-0.39, 0.29) is 0 Å². The Morgan fingerprint density at radius 3 is 2.60 bits per heavy atom. The van der Waals surface area contributed by atoms with Crippen molar-refractivity contribution >= 4 is 5.82 Å². The highest BCUT2D eigenvalue weighted by Crippen LogP contribution is 2.13. The third-order valence-corrected chi connectivity index (χ3v) is 3.17. The third kappa shape index (κ3) is 4.03. The van der Waals surface area contributed by atoms with E-state index in [0.717, 1.165) is 37.7 Å². The van der Waals surface area contributed by atoms with E-state index in [0.29, 0.717) is 0 Å².